The van der Waals surface area contributed by atoms with Gasteiger partial charge in [-0.15, -0.1) is 11.3 Å². The predicted molar refractivity (Wildman–Crippen MR) is 108 cm³/mol. The highest BCUT2D eigenvalue weighted by Crippen LogP contribution is 2.19. The van der Waals surface area contributed by atoms with Gasteiger partial charge in [0, 0.05) is 50.2 Å². The Morgan fingerprint density at radius 3 is 2.65 bits per heavy atom. The molecule has 1 saturated heterocycles. The average Bonchev–Trinajstić information content (AvgIpc) is 3.07. The normalized spacial score (nSPS) is 17.4. The summed E-state index contributed by atoms with van der Waals surface area (Å²) in [5.74, 6) is 1.26. The van der Waals surface area contributed by atoms with Gasteiger partial charge in [-0.05, 0) is 32.1 Å². The van der Waals surface area contributed by atoms with Crippen LogP contribution in [0.25, 0.3) is 0 Å². The molecule has 0 bridgehead atoms. The highest BCUT2D eigenvalue weighted by atomic mass is 32.2. The molecule has 26 heavy (non-hydrogen) atoms. The zero-order chi connectivity index (χ0) is 19.0. The first kappa shape index (κ1) is 21.1. The molecule has 7 nitrogen and oxygen atoms in total. The number of rotatable bonds is 8. The Morgan fingerprint density at radius 2 is 2.08 bits per heavy atom. The van der Waals surface area contributed by atoms with Crippen LogP contribution < -0.4 is 10.6 Å². The SMILES string of the molecule is CCNC(=NCC1CCN(S(C)(=O)=O)CC1)NCCc1ncc(CC)s1. The van der Waals surface area contributed by atoms with E-state index in [4.69, 9.17) is 0 Å². The molecule has 1 fully saturated rings. The van der Waals surface area contributed by atoms with Gasteiger partial charge >= 0.3 is 0 Å². The summed E-state index contributed by atoms with van der Waals surface area (Å²) in [6.45, 7) is 7.75. The first-order chi connectivity index (χ1) is 12.4. The van der Waals surface area contributed by atoms with E-state index in [0.29, 0.717) is 19.0 Å². The number of sulfonamides is 1. The molecule has 1 aromatic rings. The van der Waals surface area contributed by atoms with Crippen LogP contribution in [-0.4, -0.2) is 62.6 Å². The Hall–Kier alpha value is -1.19. The molecule has 0 aliphatic carbocycles. The molecule has 1 aromatic heterocycles. The molecule has 9 heteroatoms. The highest BCUT2D eigenvalue weighted by Gasteiger charge is 2.24. The van der Waals surface area contributed by atoms with Crippen LogP contribution in [0.2, 0.25) is 0 Å². The molecule has 0 amide bonds. The van der Waals surface area contributed by atoms with Crippen LogP contribution >= 0.6 is 11.3 Å². The van der Waals surface area contributed by atoms with Gasteiger partial charge in [0.1, 0.15) is 0 Å². The summed E-state index contributed by atoms with van der Waals surface area (Å²) < 4.78 is 24.7. The van der Waals surface area contributed by atoms with E-state index in [1.165, 1.54) is 11.1 Å². The van der Waals surface area contributed by atoms with Gasteiger partial charge in [-0.3, -0.25) is 4.99 Å². The molecule has 0 spiro atoms. The van der Waals surface area contributed by atoms with Crippen LogP contribution in [-0.2, 0) is 22.9 Å². The number of aliphatic imine (C=N–C) groups is 1. The van der Waals surface area contributed by atoms with E-state index in [0.717, 1.165) is 56.3 Å². The van der Waals surface area contributed by atoms with Crippen LogP contribution in [0, 0.1) is 5.92 Å². The lowest BCUT2D eigenvalue weighted by molar-refractivity contribution is 0.280. The minimum atomic E-state index is -3.06. The molecule has 148 valence electrons. The third-order valence-corrected chi connectivity index (χ3v) is 6.98. The maximum absolute atomic E-state index is 11.6. The number of nitrogens with one attached hydrogen (secondary N) is 2. The van der Waals surface area contributed by atoms with Crippen molar-refractivity contribution in [2.45, 2.75) is 39.5 Å². The molecule has 0 aromatic carbocycles. The van der Waals surface area contributed by atoms with Gasteiger partial charge in [0.15, 0.2) is 5.96 Å². The van der Waals surface area contributed by atoms with Crippen molar-refractivity contribution in [1.29, 1.82) is 0 Å². The fourth-order valence-corrected chi connectivity index (χ4v) is 4.64. The maximum Gasteiger partial charge on any atom is 0.211 e. The van der Waals surface area contributed by atoms with Crippen molar-refractivity contribution in [3.63, 3.8) is 0 Å². The van der Waals surface area contributed by atoms with Crippen molar-refractivity contribution in [1.82, 2.24) is 19.9 Å². The summed E-state index contributed by atoms with van der Waals surface area (Å²) in [4.78, 5) is 10.4. The Morgan fingerprint density at radius 1 is 1.35 bits per heavy atom. The number of aromatic nitrogens is 1. The second-order valence-electron chi connectivity index (χ2n) is 6.58. The fraction of sp³-hybridized carbons (Fsp3) is 0.765. The summed E-state index contributed by atoms with van der Waals surface area (Å²) in [7, 11) is -3.06. The van der Waals surface area contributed by atoms with Crippen molar-refractivity contribution in [3.05, 3.63) is 16.1 Å². The van der Waals surface area contributed by atoms with E-state index in [1.807, 2.05) is 6.20 Å². The van der Waals surface area contributed by atoms with Crippen molar-refractivity contribution < 1.29 is 8.42 Å². The number of piperidine rings is 1. The molecule has 0 radical (unpaired) electrons. The lowest BCUT2D eigenvalue weighted by Crippen LogP contribution is -2.40. The van der Waals surface area contributed by atoms with Gasteiger partial charge in [0.05, 0.1) is 11.3 Å². The van der Waals surface area contributed by atoms with Gasteiger partial charge in [-0.2, -0.15) is 0 Å². The third kappa shape index (κ3) is 6.85. The number of hydrogen-bond donors (Lipinski definition) is 2. The second-order valence-corrected chi connectivity index (χ2v) is 9.76. The van der Waals surface area contributed by atoms with E-state index in [1.54, 1.807) is 15.6 Å². The number of nitrogens with zero attached hydrogens (tertiary/aromatic N) is 3. The summed E-state index contributed by atoms with van der Waals surface area (Å²) >= 11 is 1.77. The van der Waals surface area contributed by atoms with Gasteiger partial charge < -0.3 is 10.6 Å². The van der Waals surface area contributed by atoms with Crippen LogP contribution in [0.1, 0.15) is 36.6 Å². The molecule has 2 rings (SSSR count). The first-order valence-electron chi connectivity index (χ1n) is 9.33. The third-order valence-electron chi connectivity index (χ3n) is 4.48. The maximum atomic E-state index is 11.6. The topological polar surface area (TPSA) is 86.7 Å². The minimum absolute atomic E-state index is 0.439. The van der Waals surface area contributed by atoms with Gasteiger partial charge in [-0.25, -0.2) is 17.7 Å². The molecule has 1 aliphatic heterocycles. The molecular formula is C17H31N5O2S2. The Bertz CT molecular complexity index is 679. The minimum Gasteiger partial charge on any atom is -0.357 e. The summed E-state index contributed by atoms with van der Waals surface area (Å²) in [6, 6.07) is 0. The number of hydrogen-bond acceptors (Lipinski definition) is 5. The smallest absolute Gasteiger partial charge is 0.211 e. The molecule has 0 saturated carbocycles. The van der Waals surface area contributed by atoms with E-state index >= 15 is 0 Å². The summed E-state index contributed by atoms with van der Waals surface area (Å²) in [6.07, 6.45) is 6.91. The Kier molecular flexibility index (Phi) is 8.30. The van der Waals surface area contributed by atoms with E-state index in [9.17, 15) is 8.42 Å². The fourth-order valence-electron chi connectivity index (χ4n) is 2.90. The van der Waals surface area contributed by atoms with Crippen LogP contribution in [0.4, 0.5) is 0 Å². The average molecular weight is 402 g/mol. The molecule has 1 aliphatic rings. The van der Waals surface area contributed by atoms with Crippen LogP contribution in [0.3, 0.4) is 0 Å². The Balaban J connectivity index is 1.77. The standard InChI is InChI=1S/C17H31N5O2S2/c1-4-15-13-20-16(25-15)6-9-19-17(18-5-2)21-12-14-7-10-22(11-8-14)26(3,23)24/h13-14H,4-12H2,1-3H3,(H2,18,19,21). The molecule has 0 unspecified atom stereocenters. The molecule has 2 N–H and O–H groups in total. The monoisotopic (exact) mass is 401 g/mol. The predicted octanol–water partition coefficient (Wildman–Crippen LogP) is 1.47. The molecular weight excluding hydrogens is 370 g/mol. The summed E-state index contributed by atoms with van der Waals surface area (Å²) in [5, 5.41) is 7.79. The summed E-state index contributed by atoms with van der Waals surface area (Å²) in [5.41, 5.74) is 0. The largest absolute Gasteiger partial charge is 0.357 e. The van der Waals surface area contributed by atoms with E-state index < -0.39 is 10.0 Å². The van der Waals surface area contributed by atoms with Gasteiger partial charge in [-0.1, -0.05) is 6.92 Å². The number of guanidine groups is 1. The molecule has 0 atom stereocenters. The lowest BCUT2D eigenvalue weighted by atomic mass is 9.98. The quantitative estimate of drug-likeness (QED) is 0.509. The van der Waals surface area contributed by atoms with Gasteiger partial charge in [0.25, 0.3) is 0 Å². The Labute approximate surface area is 161 Å². The molecule has 2 heterocycles. The first-order valence-corrected chi connectivity index (χ1v) is 12.0. The zero-order valence-corrected chi connectivity index (χ0v) is 17.6. The second kappa shape index (κ2) is 10.2. The van der Waals surface area contributed by atoms with Crippen molar-refractivity contribution in [2.24, 2.45) is 10.9 Å². The number of aryl methyl sites for hydroxylation is 1. The van der Waals surface area contributed by atoms with Crippen molar-refractivity contribution >= 4 is 27.3 Å². The van der Waals surface area contributed by atoms with E-state index in [2.05, 4.69) is 34.5 Å². The van der Waals surface area contributed by atoms with Gasteiger partial charge in [0.2, 0.25) is 10.0 Å². The van der Waals surface area contributed by atoms with Crippen molar-refractivity contribution in [2.75, 3.05) is 39.0 Å². The highest BCUT2D eigenvalue weighted by molar-refractivity contribution is 7.88. The van der Waals surface area contributed by atoms with Crippen molar-refractivity contribution in [3.8, 4) is 0 Å². The lowest BCUT2D eigenvalue weighted by Gasteiger charge is -2.29. The van der Waals surface area contributed by atoms with E-state index in [-0.39, 0.29) is 0 Å². The van der Waals surface area contributed by atoms with Crippen LogP contribution in [0.5, 0.6) is 0 Å². The zero-order valence-electron chi connectivity index (χ0n) is 16.0. The van der Waals surface area contributed by atoms with Crippen LogP contribution in [0.15, 0.2) is 11.2 Å². The number of thiazole rings is 1.